The Bertz CT molecular complexity index is 587. The third kappa shape index (κ3) is 3.74. The number of carboxylic acids is 1. The minimum Gasteiger partial charge on any atom is -0.479 e. The summed E-state index contributed by atoms with van der Waals surface area (Å²) >= 11 is 3.41. The van der Waals surface area contributed by atoms with Crippen LogP contribution < -0.4 is 10.6 Å². The zero-order valence-electron chi connectivity index (χ0n) is 11.6. The van der Waals surface area contributed by atoms with Gasteiger partial charge >= 0.3 is 12.0 Å². The SMILES string of the molecule is CC(O)(CNC(=O)Nc1cc2c(cc1Br)CCC2)C(=O)O. The standard InChI is InChI=1S/C14H17BrN2O4/c1-14(21,12(18)19)7-16-13(20)17-11-6-9-4-2-3-8(9)5-10(11)15/h5-6,21H,2-4,7H2,1H3,(H,18,19)(H2,16,17,20). The number of aryl methyl sites for hydroxylation is 2. The van der Waals surface area contributed by atoms with Crippen LogP contribution in [0.1, 0.15) is 24.5 Å². The molecule has 1 aliphatic carbocycles. The topological polar surface area (TPSA) is 98.7 Å². The van der Waals surface area contributed by atoms with Gasteiger partial charge in [0.2, 0.25) is 0 Å². The maximum Gasteiger partial charge on any atom is 0.337 e. The number of hydrogen-bond donors (Lipinski definition) is 4. The lowest BCUT2D eigenvalue weighted by Gasteiger charge is -2.19. The van der Waals surface area contributed by atoms with Gasteiger partial charge in [-0.15, -0.1) is 0 Å². The Balaban J connectivity index is 1.99. The first-order valence-corrected chi connectivity index (χ1v) is 7.41. The first-order valence-electron chi connectivity index (χ1n) is 6.61. The molecule has 0 saturated heterocycles. The molecule has 6 nitrogen and oxygen atoms in total. The van der Waals surface area contributed by atoms with Crippen LogP contribution in [0, 0.1) is 0 Å². The van der Waals surface area contributed by atoms with Crippen LogP contribution in [0.2, 0.25) is 0 Å². The normalized spacial score (nSPS) is 16.0. The fraction of sp³-hybridized carbons (Fsp3) is 0.429. The third-order valence-corrected chi connectivity index (χ3v) is 4.14. The molecule has 1 atom stereocenters. The van der Waals surface area contributed by atoms with Gasteiger partial charge in [-0.1, -0.05) is 0 Å². The summed E-state index contributed by atoms with van der Waals surface area (Å²) in [5.41, 5.74) is 1.13. The number of carbonyl (C=O) groups is 2. The van der Waals surface area contributed by atoms with Crippen molar-refractivity contribution >= 4 is 33.6 Å². The van der Waals surface area contributed by atoms with Gasteiger partial charge in [0.15, 0.2) is 5.60 Å². The second-order valence-corrected chi connectivity index (χ2v) is 6.20. The monoisotopic (exact) mass is 356 g/mol. The summed E-state index contributed by atoms with van der Waals surface area (Å²) in [7, 11) is 0. The Morgan fingerprint density at radius 3 is 2.57 bits per heavy atom. The van der Waals surface area contributed by atoms with E-state index in [1.807, 2.05) is 12.1 Å². The number of carbonyl (C=O) groups excluding carboxylic acids is 1. The van der Waals surface area contributed by atoms with E-state index in [0.717, 1.165) is 30.7 Å². The third-order valence-electron chi connectivity index (χ3n) is 3.48. The lowest BCUT2D eigenvalue weighted by atomic mass is 10.1. The Hall–Kier alpha value is -1.60. The van der Waals surface area contributed by atoms with E-state index in [9.17, 15) is 14.7 Å². The van der Waals surface area contributed by atoms with E-state index < -0.39 is 17.6 Å². The molecule has 2 rings (SSSR count). The molecule has 114 valence electrons. The number of urea groups is 1. The van der Waals surface area contributed by atoms with Crippen molar-refractivity contribution < 1.29 is 19.8 Å². The number of carboxylic acid groups (broad SMARTS) is 1. The van der Waals surface area contributed by atoms with Gasteiger partial charge in [0.1, 0.15) is 0 Å². The fourth-order valence-electron chi connectivity index (χ4n) is 2.18. The van der Waals surface area contributed by atoms with Gasteiger partial charge in [0.25, 0.3) is 0 Å². The second kappa shape index (κ2) is 6.03. The van der Waals surface area contributed by atoms with Gasteiger partial charge in [0.05, 0.1) is 12.2 Å². The van der Waals surface area contributed by atoms with E-state index >= 15 is 0 Å². The predicted molar refractivity (Wildman–Crippen MR) is 81.4 cm³/mol. The first kappa shape index (κ1) is 15.8. The van der Waals surface area contributed by atoms with Crippen molar-refractivity contribution in [2.24, 2.45) is 0 Å². The molecule has 1 aromatic carbocycles. The van der Waals surface area contributed by atoms with Gasteiger partial charge in [-0.25, -0.2) is 9.59 Å². The van der Waals surface area contributed by atoms with Crippen molar-refractivity contribution in [1.29, 1.82) is 0 Å². The highest BCUT2D eigenvalue weighted by atomic mass is 79.9. The molecule has 0 aliphatic heterocycles. The molecule has 1 aliphatic rings. The second-order valence-electron chi connectivity index (χ2n) is 5.34. The molecular formula is C14H17BrN2O4. The van der Waals surface area contributed by atoms with E-state index in [1.54, 1.807) is 0 Å². The summed E-state index contributed by atoms with van der Waals surface area (Å²) in [6.45, 7) is 0.748. The maximum absolute atomic E-state index is 11.8. The Morgan fingerprint density at radius 1 is 1.33 bits per heavy atom. The zero-order valence-corrected chi connectivity index (χ0v) is 13.2. The molecular weight excluding hydrogens is 340 g/mol. The Kier molecular flexibility index (Phi) is 4.53. The van der Waals surface area contributed by atoms with Crippen molar-refractivity contribution in [1.82, 2.24) is 5.32 Å². The average molecular weight is 357 g/mol. The molecule has 1 aromatic rings. The molecule has 0 bridgehead atoms. The number of benzene rings is 1. The van der Waals surface area contributed by atoms with Crippen LogP contribution in [0.15, 0.2) is 16.6 Å². The molecule has 4 N–H and O–H groups in total. The van der Waals surface area contributed by atoms with Crippen LogP contribution in [-0.4, -0.2) is 34.4 Å². The average Bonchev–Trinajstić information content (AvgIpc) is 2.84. The fourth-order valence-corrected chi connectivity index (χ4v) is 2.67. The summed E-state index contributed by atoms with van der Waals surface area (Å²) in [5.74, 6) is -1.39. The van der Waals surface area contributed by atoms with Crippen LogP contribution in [0.4, 0.5) is 10.5 Å². The quantitative estimate of drug-likeness (QED) is 0.661. The summed E-state index contributed by atoms with van der Waals surface area (Å²) in [6, 6.07) is 3.35. The predicted octanol–water partition coefficient (Wildman–Crippen LogP) is 1.89. The molecule has 0 aromatic heterocycles. The van der Waals surface area contributed by atoms with Crippen LogP contribution in [0.3, 0.4) is 0 Å². The van der Waals surface area contributed by atoms with Crippen LogP contribution in [0.5, 0.6) is 0 Å². The number of rotatable bonds is 4. The zero-order chi connectivity index (χ0) is 15.6. The lowest BCUT2D eigenvalue weighted by molar-refractivity contribution is -0.155. The molecule has 7 heteroatoms. The van der Waals surface area contributed by atoms with Crippen LogP contribution >= 0.6 is 15.9 Å². The van der Waals surface area contributed by atoms with Gasteiger partial charge < -0.3 is 20.8 Å². The number of aliphatic hydroxyl groups is 1. The van der Waals surface area contributed by atoms with Crippen LogP contribution in [-0.2, 0) is 17.6 Å². The van der Waals surface area contributed by atoms with Crippen molar-refractivity contribution in [3.05, 3.63) is 27.7 Å². The van der Waals surface area contributed by atoms with E-state index in [2.05, 4.69) is 26.6 Å². The van der Waals surface area contributed by atoms with Crippen molar-refractivity contribution in [3.63, 3.8) is 0 Å². The van der Waals surface area contributed by atoms with Crippen molar-refractivity contribution in [2.75, 3.05) is 11.9 Å². The van der Waals surface area contributed by atoms with Crippen molar-refractivity contribution in [2.45, 2.75) is 31.8 Å². The van der Waals surface area contributed by atoms with Gasteiger partial charge in [-0.3, -0.25) is 0 Å². The molecule has 0 heterocycles. The van der Waals surface area contributed by atoms with E-state index in [-0.39, 0.29) is 6.54 Å². The number of amides is 2. The molecule has 21 heavy (non-hydrogen) atoms. The molecule has 0 spiro atoms. The molecule has 0 fully saturated rings. The Morgan fingerprint density at radius 2 is 1.95 bits per heavy atom. The van der Waals surface area contributed by atoms with E-state index in [1.165, 1.54) is 11.1 Å². The summed E-state index contributed by atoms with van der Waals surface area (Å²) in [4.78, 5) is 22.5. The molecule has 2 amide bonds. The highest BCUT2D eigenvalue weighted by molar-refractivity contribution is 9.10. The van der Waals surface area contributed by atoms with E-state index in [0.29, 0.717) is 5.69 Å². The largest absolute Gasteiger partial charge is 0.479 e. The van der Waals surface area contributed by atoms with Crippen LogP contribution in [0.25, 0.3) is 0 Å². The highest BCUT2D eigenvalue weighted by Crippen LogP contribution is 2.31. The lowest BCUT2D eigenvalue weighted by Crippen LogP contribution is -2.47. The molecule has 1 unspecified atom stereocenters. The number of hydrogen-bond acceptors (Lipinski definition) is 3. The highest BCUT2D eigenvalue weighted by Gasteiger charge is 2.30. The Labute approximate surface area is 130 Å². The summed E-state index contributed by atoms with van der Waals surface area (Å²) in [6.07, 6.45) is 3.15. The smallest absolute Gasteiger partial charge is 0.337 e. The number of anilines is 1. The number of aliphatic carboxylic acids is 1. The molecule has 0 radical (unpaired) electrons. The van der Waals surface area contributed by atoms with E-state index in [4.69, 9.17) is 5.11 Å². The maximum atomic E-state index is 11.8. The number of nitrogens with one attached hydrogen (secondary N) is 2. The van der Waals surface area contributed by atoms with Gasteiger partial charge in [0, 0.05) is 4.47 Å². The molecule has 0 saturated carbocycles. The van der Waals surface area contributed by atoms with Crippen molar-refractivity contribution in [3.8, 4) is 0 Å². The van der Waals surface area contributed by atoms with Gasteiger partial charge in [-0.2, -0.15) is 0 Å². The first-order chi connectivity index (χ1) is 9.79. The number of fused-ring (bicyclic) bond motifs is 1. The minimum atomic E-state index is -1.99. The summed E-state index contributed by atoms with van der Waals surface area (Å²) in [5, 5.41) is 23.3. The summed E-state index contributed by atoms with van der Waals surface area (Å²) < 4.78 is 0.781. The van der Waals surface area contributed by atoms with Gasteiger partial charge in [-0.05, 0) is 65.4 Å². The minimum absolute atomic E-state index is 0.378. The number of halogens is 1.